The van der Waals surface area contributed by atoms with Crippen LogP contribution in [0.4, 0.5) is 11.4 Å². The summed E-state index contributed by atoms with van der Waals surface area (Å²) in [6, 6.07) is 18.2. The summed E-state index contributed by atoms with van der Waals surface area (Å²) in [5.74, 6) is -1.60. The molecule has 0 radical (unpaired) electrons. The van der Waals surface area contributed by atoms with Crippen LogP contribution in [0.25, 0.3) is 0 Å². The van der Waals surface area contributed by atoms with Crippen molar-refractivity contribution in [3.63, 3.8) is 0 Å². The van der Waals surface area contributed by atoms with Crippen molar-refractivity contribution < 1.29 is 22.7 Å². The van der Waals surface area contributed by atoms with Gasteiger partial charge in [0.2, 0.25) is 11.8 Å². The number of methoxy groups -OCH3 is 1. The number of fused-ring (bicyclic) bond motifs is 1. The lowest BCUT2D eigenvalue weighted by Crippen LogP contribution is -2.28. The van der Waals surface area contributed by atoms with Gasteiger partial charge in [-0.2, -0.15) is 0 Å². The minimum absolute atomic E-state index is 0.0969. The van der Waals surface area contributed by atoms with E-state index in [-0.39, 0.29) is 10.8 Å². The number of hydrogen-bond acceptors (Lipinski definition) is 5. The molecule has 1 unspecified atom stereocenters. The molecule has 3 aromatic rings. The summed E-state index contributed by atoms with van der Waals surface area (Å²) in [7, 11) is -2.38. The molecule has 0 aliphatic carbocycles. The minimum atomic E-state index is -3.85. The van der Waals surface area contributed by atoms with Crippen LogP contribution in [-0.2, 0) is 25.8 Å². The number of ether oxygens (including phenoxy) is 1. The van der Waals surface area contributed by atoms with Crippen molar-refractivity contribution in [2.24, 2.45) is 0 Å². The second kappa shape index (κ2) is 9.87. The van der Waals surface area contributed by atoms with Crippen LogP contribution in [-0.4, -0.2) is 33.1 Å². The van der Waals surface area contributed by atoms with Crippen molar-refractivity contribution in [3.05, 3.63) is 82.9 Å². The van der Waals surface area contributed by atoms with Crippen molar-refractivity contribution in [2.75, 3.05) is 23.5 Å². The Morgan fingerprint density at radius 3 is 2.59 bits per heavy atom. The molecule has 9 heteroatoms. The third-order valence-corrected chi connectivity index (χ3v) is 7.63. The quantitative estimate of drug-likeness (QED) is 0.501. The van der Waals surface area contributed by atoms with Gasteiger partial charge in [0, 0.05) is 17.1 Å². The molecular weight excluding hydrogens is 476 g/mol. The van der Waals surface area contributed by atoms with Crippen LogP contribution >= 0.6 is 11.6 Å². The Morgan fingerprint density at radius 2 is 1.85 bits per heavy atom. The summed E-state index contributed by atoms with van der Waals surface area (Å²) in [5, 5.41) is 5.92. The Hall–Kier alpha value is -3.36. The van der Waals surface area contributed by atoms with Crippen molar-refractivity contribution in [1.82, 2.24) is 0 Å². The Labute approximate surface area is 203 Å². The Morgan fingerprint density at radius 1 is 1.09 bits per heavy atom. The van der Waals surface area contributed by atoms with Crippen molar-refractivity contribution >= 4 is 44.6 Å². The standard InChI is InChI=1S/C25H23ClN2O5S/c1-33-23-11-8-18(26)14-22(23)28-25(30)20(16-5-3-2-4-6-16)15-34(31,32)19-9-10-21-17(13-19)7-12-24(29)27-21/h2-6,8-11,13-14,20H,7,12,15H2,1H3,(H,27,29)(H,28,30). The highest BCUT2D eigenvalue weighted by Gasteiger charge is 2.30. The number of carbonyl (C=O) groups is 2. The van der Waals surface area contributed by atoms with E-state index >= 15 is 0 Å². The lowest BCUT2D eigenvalue weighted by atomic mass is 10.00. The molecule has 0 aromatic heterocycles. The number of carbonyl (C=O) groups excluding carboxylic acids is 2. The number of hydrogen-bond donors (Lipinski definition) is 2. The van der Waals surface area contributed by atoms with Crippen LogP contribution in [0.2, 0.25) is 5.02 Å². The average molecular weight is 499 g/mol. The first-order valence-electron chi connectivity index (χ1n) is 10.6. The van der Waals surface area contributed by atoms with Gasteiger partial charge in [-0.3, -0.25) is 9.59 Å². The zero-order chi connectivity index (χ0) is 24.3. The van der Waals surface area contributed by atoms with E-state index in [0.29, 0.717) is 40.6 Å². The van der Waals surface area contributed by atoms with Crippen LogP contribution in [0, 0.1) is 0 Å². The lowest BCUT2D eigenvalue weighted by molar-refractivity contribution is -0.117. The first-order chi connectivity index (χ1) is 16.3. The van der Waals surface area contributed by atoms with E-state index in [1.54, 1.807) is 60.7 Å². The zero-order valence-electron chi connectivity index (χ0n) is 18.4. The van der Waals surface area contributed by atoms with Gasteiger partial charge in [-0.05, 0) is 53.9 Å². The number of aryl methyl sites for hydroxylation is 1. The summed E-state index contributed by atoms with van der Waals surface area (Å²) < 4.78 is 32.1. The van der Waals surface area contributed by atoms with Gasteiger partial charge >= 0.3 is 0 Å². The minimum Gasteiger partial charge on any atom is -0.495 e. The fourth-order valence-electron chi connectivity index (χ4n) is 3.88. The highest BCUT2D eigenvalue weighted by Crippen LogP contribution is 2.31. The topological polar surface area (TPSA) is 102 Å². The number of anilines is 2. The number of rotatable bonds is 7. The van der Waals surface area contributed by atoms with Crippen LogP contribution in [0.1, 0.15) is 23.5 Å². The molecule has 1 aliphatic rings. The highest BCUT2D eigenvalue weighted by molar-refractivity contribution is 7.91. The third kappa shape index (κ3) is 5.24. The Kier molecular flexibility index (Phi) is 6.90. The van der Waals surface area contributed by atoms with Crippen molar-refractivity contribution in [2.45, 2.75) is 23.7 Å². The van der Waals surface area contributed by atoms with Crippen LogP contribution in [0.5, 0.6) is 5.75 Å². The van der Waals surface area contributed by atoms with E-state index in [1.807, 2.05) is 0 Å². The molecular formula is C25H23ClN2O5S. The molecule has 2 N–H and O–H groups in total. The molecule has 1 atom stereocenters. The molecule has 4 rings (SSSR count). The molecule has 0 bridgehead atoms. The molecule has 0 saturated carbocycles. The van der Waals surface area contributed by atoms with Gasteiger partial charge in [-0.1, -0.05) is 41.9 Å². The van der Waals surface area contributed by atoms with E-state index in [0.717, 1.165) is 5.56 Å². The van der Waals surface area contributed by atoms with Gasteiger partial charge < -0.3 is 15.4 Å². The van der Waals surface area contributed by atoms with Gasteiger partial charge in [-0.25, -0.2) is 8.42 Å². The number of halogens is 1. The molecule has 0 spiro atoms. The second-order valence-corrected chi connectivity index (χ2v) is 10.4. The highest BCUT2D eigenvalue weighted by atomic mass is 35.5. The first kappa shape index (κ1) is 23.8. The summed E-state index contributed by atoms with van der Waals surface area (Å²) in [4.78, 5) is 25.1. The maximum absolute atomic E-state index is 13.4. The number of amides is 2. The van der Waals surface area contributed by atoms with Gasteiger partial charge in [-0.15, -0.1) is 0 Å². The number of nitrogens with one attached hydrogen (secondary N) is 2. The van der Waals surface area contributed by atoms with E-state index in [2.05, 4.69) is 10.6 Å². The summed E-state index contributed by atoms with van der Waals surface area (Å²) in [6.45, 7) is 0. The lowest BCUT2D eigenvalue weighted by Gasteiger charge is -2.20. The Bertz CT molecular complexity index is 1340. The number of benzene rings is 3. The summed E-state index contributed by atoms with van der Waals surface area (Å²) in [6.07, 6.45) is 0.759. The molecule has 1 aliphatic heterocycles. The largest absolute Gasteiger partial charge is 0.495 e. The van der Waals surface area contributed by atoms with Crippen molar-refractivity contribution in [3.8, 4) is 5.75 Å². The van der Waals surface area contributed by atoms with Crippen LogP contribution in [0.3, 0.4) is 0 Å². The van der Waals surface area contributed by atoms with Crippen molar-refractivity contribution in [1.29, 1.82) is 0 Å². The fraction of sp³-hybridized carbons (Fsp3) is 0.200. The van der Waals surface area contributed by atoms with Gasteiger partial charge in [0.05, 0.1) is 29.4 Å². The summed E-state index contributed by atoms with van der Waals surface area (Å²) in [5.41, 5.74) is 2.28. The molecule has 1 heterocycles. The molecule has 0 saturated heterocycles. The molecule has 34 heavy (non-hydrogen) atoms. The maximum Gasteiger partial charge on any atom is 0.233 e. The molecule has 176 valence electrons. The van der Waals surface area contributed by atoms with E-state index in [4.69, 9.17) is 16.3 Å². The van der Waals surface area contributed by atoms with E-state index in [9.17, 15) is 18.0 Å². The smallest absolute Gasteiger partial charge is 0.233 e. The SMILES string of the molecule is COc1ccc(Cl)cc1NC(=O)C(CS(=O)(=O)c1ccc2c(c1)CCC(=O)N2)c1ccccc1. The Balaban J connectivity index is 1.65. The van der Waals surface area contributed by atoms with Gasteiger partial charge in [0.1, 0.15) is 5.75 Å². The first-order valence-corrected chi connectivity index (χ1v) is 12.6. The third-order valence-electron chi connectivity index (χ3n) is 5.66. The predicted octanol–water partition coefficient (Wildman–Crippen LogP) is 4.43. The zero-order valence-corrected chi connectivity index (χ0v) is 19.9. The molecule has 2 amide bonds. The predicted molar refractivity (Wildman–Crippen MR) is 131 cm³/mol. The van der Waals surface area contributed by atoms with Crippen LogP contribution in [0.15, 0.2) is 71.6 Å². The molecule has 3 aromatic carbocycles. The van der Waals surface area contributed by atoms with Gasteiger partial charge in [0.15, 0.2) is 9.84 Å². The average Bonchev–Trinajstić information content (AvgIpc) is 2.83. The molecule has 7 nitrogen and oxygen atoms in total. The second-order valence-electron chi connectivity index (χ2n) is 7.95. The maximum atomic E-state index is 13.4. The number of sulfone groups is 1. The van der Waals surface area contributed by atoms with Crippen LogP contribution < -0.4 is 15.4 Å². The monoisotopic (exact) mass is 498 g/mol. The van der Waals surface area contributed by atoms with E-state index < -0.39 is 27.4 Å². The van der Waals surface area contributed by atoms with Gasteiger partial charge in [0.25, 0.3) is 0 Å². The molecule has 0 fully saturated rings. The normalized spacial score (nSPS) is 14.0. The fourth-order valence-corrected chi connectivity index (χ4v) is 5.62. The van der Waals surface area contributed by atoms with E-state index in [1.165, 1.54) is 13.2 Å². The summed E-state index contributed by atoms with van der Waals surface area (Å²) >= 11 is 6.08.